The van der Waals surface area contributed by atoms with Crippen LogP contribution in [0.4, 0.5) is 5.82 Å². The predicted molar refractivity (Wildman–Crippen MR) is 89.4 cm³/mol. The molecule has 0 radical (unpaired) electrons. The third-order valence-electron chi connectivity index (χ3n) is 3.85. The van der Waals surface area contributed by atoms with Crippen molar-refractivity contribution in [3.63, 3.8) is 0 Å². The minimum absolute atomic E-state index is 0.223. The number of rotatable bonds is 3. The fraction of sp³-hybridized carbons (Fsp3) is 0.688. The van der Waals surface area contributed by atoms with Crippen LogP contribution in [0.15, 0.2) is 16.7 Å². The number of pyridine rings is 1. The van der Waals surface area contributed by atoms with Gasteiger partial charge < -0.3 is 10.2 Å². The molecular formula is C16H26BrN3. The normalized spacial score (nSPS) is 17.6. The largest absolute Gasteiger partial charge is 0.356 e. The van der Waals surface area contributed by atoms with Crippen LogP contribution in [-0.4, -0.2) is 30.2 Å². The molecular weight excluding hydrogens is 314 g/mol. The van der Waals surface area contributed by atoms with Crippen molar-refractivity contribution in [1.82, 2.24) is 10.3 Å². The van der Waals surface area contributed by atoms with E-state index in [4.69, 9.17) is 0 Å². The van der Waals surface area contributed by atoms with Gasteiger partial charge in [0.2, 0.25) is 0 Å². The van der Waals surface area contributed by atoms with E-state index in [0.717, 1.165) is 35.8 Å². The molecule has 1 aromatic rings. The molecule has 0 atom stereocenters. The van der Waals surface area contributed by atoms with Crippen molar-refractivity contribution in [3.8, 4) is 0 Å². The Kier molecular flexibility index (Phi) is 5.08. The van der Waals surface area contributed by atoms with Gasteiger partial charge in [-0.3, -0.25) is 0 Å². The first-order valence-corrected chi connectivity index (χ1v) is 8.26. The van der Waals surface area contributed by atoms with E-state index < -0.39 is 0 Å². The second kappa shape index (κ2) is 6.44. The molecule has 20 heavy (non-hydrogen) atoms. The van der Waals surface area contributed by atoms with Gasteiger partial charge in [-0.2, -0.15) is 0 Å². The third-order valence-corrected chi connectivity index (χ3v) is 4.29. The van der Waals surface area contributed by atoms with Crippen LogP contribution in [-0.2, 0) is 0 Å². The number of hydrogen-bond donors (Lipinski definition) is 1. The van der Waals surface area contributed by atoms with Crippen molar-refractivity contribution >= 4 is 21.7 Å². The highest BCUT2D eigenvalue weighted by atomic mass is 79.9. The van der Waals surface area contributed by atoms with Crippen molar-refractivity contribution in [3.05, 3.63) is 22.3 Å². The topological polar surface area (TPSA) is 28.2 Å². The summed E-state index contributed by atoms with van der Waals surface area (Å²) in [6.07, 6.45) is 4.40. The van der Waals surface area contributed by atoms with Gasteiger partial charge in [0.05, 0.1) is 0 Å². The molecule has 0 saturated carbocycles. The number of anilines is 1. The van der Waals surface area contributed by atoms with Crippen LogP contribution in [0.1, 0.15) is 39.2 Å². The summed E-state index contributed by atoms with van der Waals surface area (Å²) in [5.41, 5.74) is 1.48. The van der Waals surface area contributed by atoms with Crippen LogP contribution in [0, 0.1) is 12.8 Å². The van der Waals surface area contributed by atoms with Crippen LogP contribution in [0.25, 0.3) is 0 Å². The van der Waals surface area contributed by atoms with Crippen molar-refractivity contribution < 1.29 is 0 Å². The number of nitrogens with one attached hydrogen (secondary N) is 1. The van der Waals surface area contributed by atoms with E-state index in [1.54, 1.807) is 0 Å². The minimum Gasteiger partial charge on any atom is -0.356 e. The lowest BCUT2D eigenvalue weighted by molar-refractivity contribution is 0.328. The van der Waals surface area contributed by atoms with E-state index in [1.165, 1.54) is 18.4 Å². The molecule has 2 rings (SSSR count). The number of aryl methyl sites for hydroxylation is 1. The Morgan fingerprint density at radius 3 is 2.55 bits per heavy atom. The molecule has 4 heteroatoms. The lowest BCUT2D eigenvalue weighted by atomic mass is 9.95. The maximum Gasteiger partial charge on any atom is 0.131 e. The Balaban J connectivity index is 1.88. The summed E-state index contributed by atoms with van der Waals surface area (Å²) < 4.78 is 1.06. The van der Waals surface area contributed by atoms with E-state index in [0.29, 0.717) is 0 Å². The second-order valence-electron chi connectivity index (χ2n) is 6.86. The van der Waals surface area contributed by atoms with Crippen molar-refractivity contribution in [1.29, 1.82) is 0 Å². The molecule has 0 aliphatic carbocycles. The average molecular weight is 340 g/mol. The summed E-state index contributed by atoms with van der Waals surface area (Å²) in [4.78, 5) is 7.00. The first kappa shape index (κ1) is 15.8. The number of halogens is 1. The number of aromatic nitrogens is 1. The Morgan fingerprint density at radius 2 is 2.00 bits per heavy atom. The Bertz CT molecular complexity index is 446. The molecule has 2 heterocycles. The van der Waals surface area contributed by atoms with Crippen molar-refractivity contribution in [2.24, 2.45) is 5.92 Å². The molecule has 3 nitrogen and oxygen atoms in total. The quantitative estimate of drug-likeness (QED) is 0.908. The van der Waals surface area contributed by atoms with Gasteiger partial charge in [-0.15, -0.1) is 0 Å². The molecule has 0 unspecified atom stereocenters. The van der Waals surface area contributed by atoms with Gasteiger partial charge in [0.15, 0.2) is 0 Å². The van der Waals surface area contributed by atoms with Crippen LogP contribution in [0.3, 0.4) is 0 Å². The monoisotopic (exact) mass is 339 g/mol. The van der Waals surface area contributed by atoms with E-state index in [1.807, 2.05) is 6.20 Å². The lowest BCUT2D eigenvalue weighted by Gasteiger charge is -2.35. The summed E-state index contributed by atoms with van der Waals surface area (Å²) >= 11 is 3.48. The fourth-order valence-corrected chi connectivity index (χ4v) is 3.11. The van der Waals surface area contributed by atoms with Gasteiger partial charge >= 0.3 is 0 Å². The molecule has 1 N–H and O–H groups in total. The molecule has 1 saturated heterocycles. The summed E-state index contributed by atoms with van der Waals surface area (Å²) in [6.45, 7) is 12.2. The highest BCUT2D eigenvalue weighted by Crippen LogP contribution is 2.25. The molecule has 0 spiro atoms. The molecule has 0 amide bonds. The average Bonchev–Trinajstić information content (AvgIpc) is 2.36. The van der Waals surface area contributed by atoms with Crippen LogP contribution in [0.5, 0.6) is 0 Å². The standard InChI is InChI=1S/C16H26BrN3/c1-12-9-14(17)11-18-15(12)20-7-5-13(6-8-20)10-19-16(2,3)4/h9,11,13,19H,5-8,10H2,1-4H3. The maximum atomic E-state index is 4.58. The number of nitrogens with zero attached hydrogens (tertiary/aromatic N) is 2. The van der Waals surface area contributed by atoms with E-state index in [-0.39, 0.29) is 5.54 Å². The molecule has 112 valence electrons. The van der Waals surface area contributed by atoms with E-state index >= 15 is 0 Å². The van der Waals surface area contributed by atoms with Gasteiger partial charge in [0, 0.05) is 29.3 Å². The zero-order valence-electron chi connectivity index (χ0n) is 13.0. The van der Waals surface area contributed by atoms with Gasteiger partial charge in [0.25, 0.3) is 0 Å². The zero-order valence-corrected chi connectivity index (χ0v) is 14.6. The first-order valence-electron chi connectivity index (χ1n) is 7.47. The number of piperidine rings is 1. The van der Waals surface area contributed by atoms with Gasteiger partial charge in [-0.05, 0) is 80.6 Å². The number of hydrogen-bond acceptors (Lipinski definition) is 3. The lowest BCUT2D eigenvalue weighted by Crippen LogP contribution is -2.43. The minimum atomic E-state index is 0.223. The molecule has 1 fully saturated rings. The third kappa shape index (κ3) is 4.45. The summed E-state index contributed by atoms with van der Waals surface area (Å²) in [5, 5.41) is 3.62. The Labute approximate surface area is 131 Å². The molecule has 0 bridgehead atoms. The van der Waals surface area contributed by atoms with Crippen LogP contribution in [0.2, 0.25) is 0 Å². The molecule has 1 aromatic heterocycles. The molecule has 1 aliphatic rings. The van der Waals surface area contributed by atoms with Gasteiger partial charge in [-0.25, -0.2) is 4.98 Å². The summed E-state index contributed by atoms with van der Waals surface area (Å²) in [6, 6.07) is 2.15. The SMILES string of the molecule is Cc1cc(Br)cnc1N1CCC(CNC(C)(C)C)CC1. The first-order chi connectivity index (χ1) is 9.35. The zero-order chi connectivity index (χ0) is 14.8. The van der Waals surface area contributed by atoms with Crippen molar-refractivity contribution in [2.75, 3.05) is 24.5 Å². The highest BCUT2D eigenvalue weighted by molar-refractivity contribution is 9.10. The maximum absolute atomic E-state index is 4.58. The van der Waals surface area contributed by atoms with Gasteiger partial charge in [-0.1, -0.05) is 0 Å². The predicted octanol–water partition coefficient (Wildman–Crippen LogP) is 3.76. The van der Waals surface area contributed by atoms with Gasteiger partial charge in [0.1, 0.15) is 5.82 Å². The van der Waals surface area contributed by atoms with Crippen LogP contribution < -0.4 is 10.2 Å². The molecule has 1 aliphatic heterocycles. The Hall–Kier alpha value is -0.610. The van der Waals surface area contributed by atoms with E-state index in [2.05, 4.69) is 64.9 Å². The summed E-state index contributed by atoms with van der Waals surface area (Å²) in [7, 11) is 0. The van der Waals surface area contributed by atoms with Crippen molar-refractivity contribution in [2.45, 2.75) is 46.1 Å². The highest BCUT2D eigenvalue weighted by Gasteiger charge is 2.22. The summed E-state index contributed by atoms with van der Waals surface area (Å²) in [5.74, 6) is 1.94. The fourth-order valence-electron chi connectivity index (χ4n) is 2.66. The second-order valence-corrected chi connectivity index (χ2v) is 7.77. The van der Waals surface area contributed by atoms with Crippen LogP contribution >= 0.6 is 15.9 Å². The molecule has 0 aromatic carbocycles. The van der Waals surface area contributed by atoms with E-state index in [9.17, 15) is 0 Å². The smallest absolute Gasteiger partial charge is 0.131 e. The Morgan fingerprint density at radius 1 is 1.35 bits per heavy atom.